The number of methoxy groups -OCH3 is 1. The van der Waals surface area contributed by atoms with Crippen LogP contribution in [0.25, 0.3) is 0 Å². The van der Waals surface area contributed by atoms with Gasteiger partial charge >= 0.3 is 0 Å². The maximum atomic E-state index is 13.4. The molecule has 1 unspecified atom stereocenters. The van der Waals surface area contributed by atoms with Crippen LogP contribution in [0.3, 0.4) is 0 Å². The Morgan fingerprint density at radius 3 is 2.41 bits per heavy atom. The highest BCUT2D eigenvalue weighted by molar-refractivity contribution is 6.33. The molecule has 1 atom stereocenters. The molecule has 2 amide bonds. The predicted molar refractivity (Wildman–Crippen MR) is 134 cm³/mol. The minimum absolute atomic E-state index is 0.0380. The van der Waals surface area contributed by atoms with Crippen LogP contribution in [0.2, 0.25) is 5.02 Å². The van der Waals surface area contributed by atoms with Crippen LogP contribution in [0.15, 0.2) is 48.5 Å². The Kier molecular flexibility index (Phi) is 8.46. The fraction of sp³-hybridized carbons (Fsp3) is 0.481. The Labute approximate surface area is 207 Å². The smallest absolute Gasteiger partial charge is 0.255 e. The van der Waals surface area contributed by atoms with Gasteiger partial charge < -0.3 is 15.0 Å². The molecule has 0 bridgehead atoms. The topological polar surface area (TPSA) is 61.9 Å². The van der Waals surface area contributed by atoms with Crippen LogP contribution in [0.4, 0.5) is 0 Å². The number of nitrogens with one attached hydrogen (secondary N) is 1. The molecule has 1 aliphatic carbocycles. The number of rotatable bonds is 8. The zero-order chi connectivity index (χ0) is 23.9. The lowest BCUT2D eigenvalue weighted by atomic mass is 9.94. The monoisotopic (exact) mass is 483 g/mol. The summed E-state index contributed by atoms with van der Waals surface area (Å²) in [5, 5.41) is 3.67. The van der Waals surface area contributed by atoms with Gasteiger partial charge in [-0.25, -0.2) is 0 Å². The number of carbonyl (C=O) groups excluding carboxylic acids is 2. The van der Waals surface area contributed by atoms with E-state index in [2.05, 4.69) is 10.2 Å². The molecule has 182 valence electrons. The van der Waals surface area contributed by atoms with Gasteiger partial charge in [0.05, 0.1) is 23.7 Å². The van der Waals surface area contributed by atoms with Gasteiger partial charge in [-0.05, 0) is 48.9 Å². The summed E-state index contributed by atoms with van der Waals surface area (Å²) in [6.07, 6.45) is 5.27. The Morgan fingerprint density at radius 1 is 1.03 bits per heavy atom. The van der Waals surface area contributed by atoms with Gasteiger partial charge in [-0.15, -0.1) is 0 Å². The third-order valence-electron chi connectivity index (χ3n) is 7.10. The number of hydrogen-bond donors (Lipinski definition) is 1. The van der Waals surface area contributed by atoms with Gasteiger partial charge in [0.25, 0.3) is 5.91 Å². The van der Waals surface area contributed by atoms with Gasteiger partial charge in [-0.1, -0.05) is 54.8 Å². The van der Waals surface area contributed by atoms with Crippen molar-refractivity contribution in [2.75, 3.05) is 39.8 Å². The van der Waals surface area contributed by atoms with Crippen molar-refractivity contribution in [1.29, 1.82) is 0 Å². The summed E-state index contributed by atoms with van der Waals surface area (Å²) in [5.74, 6) is 1.29. The van der Waals surface area contributed by atoms with Crippen LogP contribution in [-0.4, -0.2) is 67.5 Å². The summed E-state index contributed by atoms with van der Waals surface area (Å²) in [6.45, 7) is 3.16. The van der Waals surface area contributed by atoms with E-state index in [1.54, 1.807) is 19.2 Å². The lowest BCUT2D eigenvalue weighted by Crippen LogP contribution is -2.58. The Balaban J connectivity index is 1.36. The molecule has 2 aromatic rings. The number of halogens is 1. The molecule has 2 aliphatic rings. The summed E-state index contributed by atoms with van der Waals surface area (Å²) in [6, 6.07) is 15.0. The number of hydrogen-bond acceptors (Lipinski definition) is 4. The number of nitrogens with zero attached hydrogens (tertiary/aromatic N) is 2. The van der Waals surface area contributed by atoms with Crippen molar-refractivity contribution in [3.05, 3.63) is 64.7 Å². The molecule has 1 saturated heterocycles. The molecule has 34 heavy (non-hydrogen) atoms. The van der Waals surface area contributed by atoms with Crippen LogP contribution in [-0.2, 0) is 11.2 Å². The fourth-order valence-electron chi connectivity index (χ4n) is 5.29. The molecule has 1 saturated carbocycles. The highest BCUT2D eigenvalue weighted by Gasteiger charge is 2.37. The molecule has 2 aromatic carbocycles. The molecule has 1 N–H and O–H groups in total. The minimum atomic E-state index is -0.141. The molecule has 7 heteroatoms. The van der Waals surface area contributed by atoms with E-state index in [0.29, 0.717) is 49.2 Å². The second kappa shape index (κ2) is 11.7. The minimum Gasteiger partial charge on any atom is -0.496 e. The van der Waals surface area contributed by atoms with Crippen LogP contribution >= 0.6 is 11.6 Å². The maximum absolute atomic E-state index is 13.4. The summed E-state index contributed by atoms with van der Waals surface area (Å²) in [7, 11) is 1.67. The van der Waals surface area contributed by atoms with Gasteiger partial charge in [0.1, 0.15) is 5.75 Å². The summed E-state index contributed by atoms with van der Waals surface area (Å²) in [5.41, 5.74) is 1.63. The molecule has 0 aromatic heterocycles. The molecule has 2 fully saturated rings. The number of para-hydroxylation sites is 1. The lowest BCUT2D eigenvalue weighted by molar-refractivity contribution is -0.129. The van der Waals surface area contributed by atoms with E-state index in [1.165, 1.54) is 12.8 Å². The van der Waals surface area contributed by atoms with E-state index in [0.717, 1.165) is 30.6 Å². The van der Waals surface area contributed by atoms with Crippen LogP contribution in [0.5, 0.6) is 5.75 Å². The van der Waals surface area contributed by atoms with E-state index >= 15 is 0 Å². The van der Waals surface area contributed by atoms with Crippen molar-refractivity contribution in [2.45, 2.75) is 38.1 Å². The van der Waals surface area contributed by atoms with Crippen LogP contribution in [0, 0.1) is 5.92 Å². The SMILES string of the molecule is COc1ccccc1CCNC(=O)C(C1CCCC1)N1CCN(C(=O)c2ccccc2Cl)CC1. The third kappa shape index (κ3) is 5.73. The largest absolute Gasteiger partial charge is 0.496 e. The predicted octanol–water partition coefficient (Wildman–Crippen LogP) is 4.02. The van der Waals surface area contributed by atoms with E-state index < -0.39 is 0 Å². The average Bonchev–Trinajstić information content (AvgIpc) is 3.39. The first-order valence-corrected chi connectivity index (χ1v) is 12.6. The van der Waals surface area contributed by atoms with E-state index in [9.17, 15) is 9.59 Å². The zero-order valence-corrected chi connectivity index (χ0v) is 20.6. The van der Waals surface area contributed by atoms with Crippen LogP contribution in [0.1, 0.15) is 41.6 Å². The number of piperazine rings is 1. The maximum Gasteiger partial charge on any atom is 0.255 e. The second-order valence-electron chi connectivity index (χ2n) is 9.15. The number of amides is 2. The number of ether oxygens (including phenoxy) is 1. The summed E-state index contributed by atoms with van der Waals surface area (Å²) < 4.78 is 5.43. The molecule has 1 heterocycles. The zero-order valence-electron chi connectivity index (χ0n) is 19.8. The first-order valence-electron chi connectivity index (χ1n) is 12.3. The third-order valence-corrected chi connectivity index (χ3v) is 7.43. The molecular weight excluding hydrogens is 450 g/mol. The van der Waals surface area contributed by atoms with Crippen molar-refractivity contribution in [3.63, 3.8) is 0 Å². The van der Waals surface area contributed by atoms with E-state index in [-0.39, 0.29) is 17.9 Å². The van der Waals surface area contributed by atoms with Crippen molar-refractivity contribution < 1.29 is 14.3 Å². The quantitative estimate of drug-likeness (QED) is 0.616. The van der Waals surface area contributed by atoms with E-state index in [1.807, 2.05) is 41.3 Å². The Hall–Kier alpha value is -2.57. The first-order chi connectivity index (χ1) is 16.6. The summed E-state index contributed by atoms with van der Waals surface area (Å²) >= 11 is 6.24. The van der Waals surface area contributed by atoms with Crippen LogP contribution < -0.4 is 10.1 Å². The Morgan fingerprint density at radius 2 is 1.71 bits per heavy atom. The number of benzene rings is 2. The highest BCUT2D eigenvalue weighted by Crippen LogP contribution is 2.31. The van der Waals surface area contributed by atoms with Gasteiger partial charge in [0, 0.05) is 32.7 Å². The van der Waals surface area contributed by atoms with Crippen molar-refractivity contribution in [3.8, 4) is 5.75 Å². The highest BCUT2D eigenvalue weighted by atomic mass is 35.5. The molecule has 6 nitrogen and oxygen atoms in total. The standard InChI is InChI=1S/C27H34ClN3O3/c1-34-24-13-7-4-8-20(24)14-15-29-26(32)25(21-9-2-3-10-21)30-16-18-31(19-17-30)27(33)22-11-5-6-12-23(22)28/h4-8,11-13,21,25H,2-3,9-10,14-19H2,1H3,(H,29,32). The Bertz CT molecular complexity index is 985. The van der Waals surface area contributed by atoms with Gasteiger partial charge in [0.15, 0.2) is 0 Å². The molecule has 0 radical (unpaired) electrons. The molecule has 4 rings (SSSR count). The van der Waals surface area contributed by atoms with Gasteiger partial charge in [-0.2, -0.15) is 0 Å². The first kappa shape index (κ1) is 24.6. The molecular formula is C27H34ClN3O3. The van der Waals surface area contributed by atoms with E-state index in [4.69, 9.17) is 16.3 Å². The lowest BCUT2D eigenvalue weighted by Gasteiger charge is -2.40. The number of carbonyl (C=O) groups is 2. The van der Waals surface area contributed by atoms with Crippen molar-refractivity contribution >= 4 is 23.4 Å². The summed E-state index contributed by atoms with van der Waals surface area (Å²) in [4.78, 5) is 30.5. The molecule has 1 aliphatic heterocycles. The van der Waals surface area contributed by atoms with Gasteiger partial charge in [-0.3, -0.25) is 14.5 Å². The second-order valence-corrected chi connectivity index (χ2v) is 9.56. The normalized spacial score (nSPS) is 18.0. The average molecular weight is 484 g/mol. The molecule has 0 spiro atoms. The van der Waals surface area contributed by atoms with Gasteiger partial charge in [0.2, 0.25) is 5.91 Å². The van der Waals surface area contributed by atoms with Crippen molar-refractivity contribution in [2.24, 2.45) is 5.92 Å². The van der Waals surface area contributed by atoms with Crippen molar-refractivity contribution in [1.82, 2.24) is 15.1 Å². The fourth-order valence-corrected chi connectivity index (χ4v) is 5.51.